The van der Waals surface area contributed by atoms with Gasteiger partial charge in [0.15, 0.2) is 5.82 Å². The number of tetrazole rings is 1. The van der Waals surface area contributed by atoms with Crippen molar-refractivity contribution in [2.24, 2.45) is 11.3 Å². The van der Waals surface area contributed by atoms with Gasteiger partial charge < -0.3 is 25.0 Å². The molecule has 16 nitrogen and oxygen atoms in total. The van der Waals surface area contributed by atoms with Gasteiger partial charge in [0.25, 0.3) is 5.91 Å². The Bertz CT molecular complexity index is 1770. The van der Waals surface area contributed by atoms with Crippen LogP contribution in [0.1, 0.15) is 77.5 Å². The van der Waals surface area contributed by atoms with E-state index in [4.69, 9.17) is 9.47 Å². The summed E-state index contributed by atoms with van der Waals surface area (Å²) < 4.78 is 38.8. The second-order valence-corrected chi connectivity index (χ2v) is 16.5. The van der Waals surface area contributed by atoms with Crippen LogP contribution in [0.3, 0.4) is 0 Å². The number of nitrogens with one attached hydrogen (secondary N) is 3. The third-order valence-corrected chi connectivity index (χ3v) is 11.5. The molecule has 2 aliphatic carbocycles. The highest BCUT2D eigenvalue weighted by molar-refractivity contribution is 7.91. The number of alkyl carbamates (subject to hydrolysis) is 1. The molecular formula is C33H44N8O8S. The molecule has 0 spiro atoms. The number of cyclic esters (lactones) is 1. The lowest BCUT2D eigenvalue weighted by Crippen LogP contribution is -2.60. The summed E-state index contributed by atoms with van der Waals surface area (Å²) in [6.07, 6.45) is 3.95. The number of fused-ring (bicyclic) bond motifs is 8. The Kier molecular flexibility index (Phi) is 9.63. The molecule has 2 aromatic rings. The van der Waals surface area contributed by atoms with E-state index in [-0.39, 0.29) is 31.8 Å². The van der Waals surface area contributed by atoms with E-state index in [1.165, 1.54) is 15.8 Å². The minimum absolute atomic E-state index is 0.00914. The van der Waals surface area contributed by atoms with Crippen molar-refractivity contribution >= 4 is 33.8 Å². The van der Waals surface area contributed by atoms with Crippen molar-refractivity contribution in [3.63, 3.8) is 0 Å². The highest BCUT2D eigenvalue weighted by Crippen LogP contribution is 2.46. The van der Waals surface area contributed by atoms with E-state index in [0.717, 1.165) is 12.8 Å². The number of benzene rings is 1. The minimum atomic E-state index is -3.89. The van der Waals surface area contributed by atoms with Crippen LogP contribution in [0.15, 0.2) is 36.9 Å². The number of sulfonamides is 1. The molecule has 50 heavy (non-hydrogen) atoms. The van der Waals surface area contributed by atoms with E-state index in [1.54, 1.807) is 32.9 Å². The third kappa shape index (κ3) is 7.46. The van der Waals surface area contributed by atoms with E-state index in [2.05, 4.69) is 37.3 Å². The molecule has 0 radical (unpaired) electrons. The molecule has 0 unspecified atom stereocenters. The molecule has 3 heterocycles. The Morgan fingerprint density at radius 3 is 2.54 bits per heavy atom. The van der Waals surface area contributed by atoms with Crippen LogP contribution < -0.4 is 20.1 Å². The lowest BCUT2D eigenvalue weighted by molar-refractivity contribution is -0.142. The number of nitrogens with zero attached hydrogens (tertiary/aromatic N) is 5. The number of amides is 4. The Morgan fingerprint density at radius 2 is 1.86 bits per heavy atom. The van der Waals surface area contributed by atoms with Crippen molar-refractivity contribution in [2.75, 3.05) is 19.8 Å². The fourth-order valence-corrected chi connectivity index (χ4v) is 7.80. The smallest absolute Gasteiger partial charge is 0.407 e. The van der Waals surface area contributed by atoms with E-state index >= 15 is 0 Å². The largest absolute Gasteiger partial charge is 0.494 e. The van der Waals surface area contributed by atoms with Gasteiger partial charge in [-0.2, -0.15) is 0 Å². The van der Waals surface area contributed by atoms with E-state index < -0.39 is 74.0 Å². The lowest BCUT2D eigenvalue weighted by Gasteiger charge is -2.35. The Morgan fingerprint density at radius 1 is 1.12 bits per heavy atom. The standard InChI is InChI=1S/C33H44N8O8S/c1-5-21-18-33(21,30(44)38-50(46,47)24-12-13-24)35-28(42)25-16-20-19-40(25)29(43)26(32(2,3)4)34-31(45)49-15-8-6-7-14-48-23-11-9-10-22(17-23)41-37-27(20)36-39-41/h5,9-11,17,20-21,24-26H,1,6-8,12-16,18-19H2,2-4H3,(H,34,45)(H,35,42)(H,38,44)/t20-,21-,25+,26-,33-/m1/s1. The van der Waals surface area contributed by atoms with Gasteiger partial charge in [0.2, 0.25) is 21.8 Å². The van der Waals surface area contributed by atoms with Crippen LogP contribution in [0, 0.1) is 11.3 Å². The van der Waals surface area contributed by atoms with Gasteiger partial charge in [0.05, 0.1) is 24.2 Å². The molecule has 4 aliphatic rings. The van der Waals surface area contributed by atoms with Crippen molar-refractivity contribution in [1.29, 1.82) is 0 Å². The van der Waals surface area contributed by atoms with Crippen LogP contribution >= 0.6 is 0 Å². The zero-order chi connectivity index (χ0) is 35.8. The summed E-state index contributed by atoms with van der Waals surface area (Å²) in [5.41, 5.74) is -1.73. The number of carbonyl (C=O) groups is 4. The summed E-state index contributed by atoms with van der Waals surface area (Å²) in [5, 5.41) is 18.0. The summed E-state index contributed by atoms with van der Waals surface area (Å²) in [6, 6.07) is 5.01. The molecule has 5 atom stereocenters. The maximum Gasteiger partial charge on any atom is 0.407 e. The van der Waals surface area contributed by atoms with Gasteiger partial charge in [0.1, 0.15) is 23.4 Å². The maximum atomic E-state index is 14.4. The maximum absolute atomic E-state index is 14.4. The fraction of sp³-hybridized carbons (Fsp3) is 0.606. The highest BCUT2D eigenvalue weighted by Gasteiger charge is 2.62. The molecule has 2 saturated carbocycles. The molecule has 1 saturated heterocycles. The first-order chi connectivity index (χ1) is 23.7. The second kappa shape index (κ2) is 13.6. The zero-order valence-corrected chi connectivity index (χ0v) is 29.3. The lowest BCUT2D eigenvalue weighted by atomic mass is 9.85. The van der Waals surface area contributed by atoms with Crippen LogP contribution in [-0.4, -0.2) is 100.0 Å². The molecule has 1 aromatic carbocycles. The number of hydrogen-bond acceptors (Lipinski definition) is 11. The zero-order valence-electron chi connectivity index (χ0n) is 28.5. The average molecular weight is 713 g/mol. The van der Waals surface area contributed by atoms with Crippen molar-refractivity contribution in [3.05, 3.63) is 42.7 Å². The van der Waals surface area contributed by atoms with E-state index in [1.807, 2.05) is 12.1 Å². The molecule has 270 valence electrons. The third-order valence-electron chi connectivity index (χ3n) is 9.64. The first-order valence-corrected chi connectivity index (χ1v) is 18.5. The SMILES string of the molecule is C=C[C@@H]1C[C@]1(NC(=O)[C@@H]1C[C@@H]2CN1C(=O)[C@H](C(C)(C)C)NC(=O)OCCCCCOc1cccc(c1)-n1nnc2n1)C(=O)NS(=O)(=O)C1CC1. The van der Waals surface area contributed by atoms with Crippen LogP contribution in [0.4, 0.5) is 4.79 Å². The van der Waals surface area contributed by atoms with Crippen molar-refractivity contribution in [3.8, 4) is 11.4 Å². The molecule has 6 rings (SSSR count). The fourth-order valence-electron chi connectivity index (χ4n) is 6.44. The summed E-state index contributed by atoms with van der Waals surface area (Å²) in [4.78, 5) is 57.6. The van der Waals surface area contributed by atoms with Crippen molar-refractivity contribution in [2.45, 2.75) is 94.5 Å². The summed E-state index contributed by atoms with van der Waals surface area (Å²) in [5.74, 6) is -2.18. The molecule has 17 heteroatoms. The second-order valence-electron chi connectivity index (χ2n) is 14.5. The molecule has 3 fully saturated rings. The van der Waals surface area contributed by atoms with Crippen LogP contribution in [0.2, 0.25) is 0 Å². The normalized spacial score (nSPS) is 27.6. The Hall–Kier alpha value is -4.54. The molecule has 1 aromatic heterocycles. The monoisotopic (exact) mass is 712 g/mol. The predicted octanol–water partition coefficient (Wildman–Crippen LogP) is 1.72. The van der Waals surface area contributed by atoms with Crippen LogP contribution in [0.5, 0.6) is 5.75 Å². The van der Waals surface area contributed by atoms with E-state index in [0.29, 0.717) is 37.3 Å². The van der Waals surface area contributed by atoms with Gasteiger partial charge in [-0.3, -0.25) is 19.1 Å². The Balaban J connectivity index is 1.31. The first kappa shape index (κ1) is 35.3. The highest BCUT2D eigenvalue weighted by atomic mass is 32.2. The number of hydrogen-bond donors (Lipinski definition) is 3. The number of aromatic nitrogens is 4. The molecule has 4 amide bonds. The first-order valence-electron chi connectivity index (χ1n) is 17.0. The summed E-state index contributed by atoms with van der Waals surface area (Å²) in [6.45, 7) is 9.74. The average Bonchev–Trinajstić information content (AvgIpc) is 3.94. The molecule has 3 N–H and O–H groups in total. The van der Waals surface area contributed by atoms with Gasteiger partial charge in [-0.1, -0.05) is 32.9 Å². The Labute approximate surface area is 290 Å². The summed E-state index contributed by atoms with van der Waals surface area (Å²) in [7, 11) is -3.89. The molecule has 2 aliphatic heterocycles. The topological polar surface area (TPSA) is 204 Å². The molecular weight excluding hydrogens is 668 g/mol. The van der Waals surface area contributed by atoms with Crippen molar-refractivity contribution < 1.29 is 37.1 Å². The number of carbonyl (C=O) groups excluding carboxylic acids is 4. The van der Waals surface area contributed by atoms with Gasteiger partial charge >= 0.3 is 6.09 Å². The predicted molar refractivity (Wildman–Crippen MR) is 178 cm³/mol. The number of ether oxygens (including phenoxy) is 2. The minimum Gasteiger partial charge on any atom is -0.494 e. The van der Waals surface area contributed by atoms with Gasteiger partial charge in [-0.25, -0.2) is 13.2 Å². The van der Waals surface area contributed by atoms with Gasteiger partial charge in [0, 0.05) is 24.4 Å². The van der Waals surface area contributed by atoms with Crippen LogP contribution in [0.25, 0.3) is 5.69 Å². The quantitative estimate of drug-likeness (QED) is 0.368. The van der Waals surface area contributed by atoms with Gasteiger partial charge in [-0.15, -0.1) is 21.6 Å². The van der Waals surface area contributed by atoms with Crippen LogP contribution in [-0.2, 0) is 29.1 Å². The molecule has 6 bridgehead atoms. The van der Waals surface area contributed by atoms with E-state index in [9.17, 15) is 27.6 Å². The number of rotatable bonds is 6. The van der Waals surface area contributed by atoms with Gasteiger partial charge in [-0.05, 0) is 67.7 Å². The van der Waals surface area contributed by atoms with Crippen molar-refractivity contribution in [1.82, 2.24) is 40.5 Å². The summed E-state index contributed by atoms with van der Waals surface area (Å²) >= 11 is 0.